The standard InChI is InChI=1S/C17H31N3O/c1-3-8-15(4-2)18-17(21)20-13-7-9-16(10-14-20)19-11-5-6-12-19/h3,15-16H,1,4-14H2,2H3,(H,18,21). The Morgan fingerprint density at radius 3 is 2.67 bits per heavy atom. The van der Waals surface area contributed by atoms with Crippen molar-refractivity contribution in [2.45, 2.75) is 64.0 Å². The highest BCUT2D eigenvalue weighted by atomic mass is 16.2. The van der Waals surface area contributed by atoms with E-state index in [0.717, 1.165) is 38.8 Å². The molecule has 0 radical (unpaired) electrons. The van der Waals surface area contributed by atoms with Crippen molar-refractivity contribution in [3.8, 4) is 0 Å². The first-order chi connectivity index (χ1) is 10.2. The second-order valence-electron chi connectivity index (χ2n) is 6.39. The maximum atomic E-state index is 12.4. The highest BCUT2D eigenvalue weighted by Crippen LogP contribution is 2.21. The monoisotopic (exact) mass is 293 g/mol. The van der Waals surface area contributed by atoms with Gasteiger partial charge < -0.3 is 15.1 Å². The van der Waals surface area contributed by atoms with Crippen LogP contribution < -0.4 is 5.32 Å². The minimum Gasteiger partial charge on any atom is -0.335 e. The molecule has 2 amide bonds. The van der Waals surface area contributed by atoms with E-state index < -0.39 is 0 Å². The van der Waals surface area contributed by atoms with Gasteiger partial charge in [-0.05, 0) is 58.0 Å². The number of carbonyl (C=O) groups excluding carboxylic acids is 1. The van der Waals surface area contributed by atoms with Crippen molar-refractivity contribution in [1.82, 2.24) is 15.1 Å². The molecule has 0 saturated carbocycles. The smallest absolute Gasteiger partial charge is 0.317 e. The molecule has 0 aromatic carbocycles. The molecule has 0 aromatic heterocycles. The molecule has 2 fully saturated rings. The van der Waals surface area contributed by atoms with Crippen LogP contribution in [0.1, 0.15) is 51.9 Å². The van der Waals surface area contributed by atoms with Crippen LogP contribution in [-0.2, 0) is 0 Å². The minimum absolute atomic E-state index is 0.116. The van der Waals surface area contributed by atoms with Crippen LogP contribution in [0.25, 0.3) is 0 Å². The Hall–Kier alpha value is -1.03. The van der Waals surface area contributed by atoms with Crippen LogP contribution in [0, 0.1) is 0 Å². The van der Waals surface area contributed by atoms with Crippen LogP contribution in [-0.4, -0.2) is 54.1 Å². The van der Waals surface area contributed by atoms with Gasteiger partial charge in [-0.2, -0.15) is 0 Å². The summed E-state index contributed by atoms with van der Waals surface area (Å²) < 4.78 is 0. The third kappa shape index (κ3) is 4.73. The number of hydrogen-bond acceptors (Lipinski definition) is 2. The lowest BCUT2D eigenvalue weighted by atomic mass is 10.1. The van der Waals surface area contributed by atoms with Crippen LogP contribution in [0.15, 0.2) is 12.7 Å². The Morgan fingerprint density at radius 2 is 2.00 bits per heavy atom. The molecule has 2 heterocycles. The Kier molecular flexibility index (Phi) is 6.55. The summed E-state index contributed by atoms with van der Waals surface area (Å²) in [4.78, 5) is 17.0. The van der Waals surface area contributed by atoms with Crippen LogP contribution >= 0.6 is 0 Å². The fourth-order valence-corrected chi connectivity index (χ4v) is 3.55. The van der Waals surface area contributed by atoms with Crippen molar-refractivity contribution in [3.63, 3.8) is 0 Å². The number of rotatable bonds is 5. The second-order valence-corrected chi connectivity index (χ2v) is 6.39. The number of carbonyl (C=O) groups is 1. The molecule has 1 N–H and O–H groups in total. The molecule has 2 rings (SSSR count). The molecule has 2 unspecified atom stereocenters. The molecule has 120 valence electrons. The van der Waals surface area contributed by atoms with E-state index in [2.05, 4.69) is 23.7 Å². The van der Waals surface area contributed by atoms with Gasteiger partial charge in [-0.15, -0.1) is 6.58 Å². The molecule has 0 aliphatic carbocycles. The summed E-state index contributed by atoms with van der Waals surface area (Å²) in [6.07, 6.45) is 9.90. The quantitative estimate of drug-likeness (QED) is 0.791. The number of likely N-dealkylation sites (tertiary alicyclic amines) is 2. The SMILES string of the molecule is C=CCC(CC)NC(=O)N1CCCC(N2CCCC2)CC1. The predicted molar refractivity (Wildman–Crippen MR) is 87.4 cm³/mol. The lowest BCUT2D eigenvalue weighted by Gasteiger charge is -2.27. The Labute approximate surface area is 129 Å². The number of amides is 2. The topological polar surface area (TPSA) is 35.6 Å². The fourth-order valence-electron chi connectivity index (χ4n) is 3.55. The summed E-state index contributed by atoms with van der Waals surface area (Å²) >= 11 is 0. The third-order valence-corrected chi connectivity index (χ3v) is 4.91. The van der Waals surface area contributed by atoms with Crippen molar-refractivity contribution in [2.24, 2.45) is 0 Å². The highest BCUT2D eigenvalue weighted by molar-refractivity contribution is 5.74. The molecule has 0 spiro atoms. The van der Waals surface area contributed by atoms with E-state index in [1.54, 1.807) is 0 Å². The van der Waals surface area contributed by atoms with Gasteiger partial charge in [0.15, 0.2) is 0 Å². The van der Waals surface area contributed by atoms with Gasteiger partial charge in [0.25, 0.3) is 0 Å². The lowest BCUT2D eigenvalue weighted by molar-refractivity contribution is 0.190. The first-order valence-corrected chi connectivity index (χ1v) is 8.65. The molecule has 2 aliphatic rings. The van der Waals surface area contributed by atoms with Crippen LogP contribution in [0.2, 0.25) is 0 Å². The van der Waals surface area contributed by atoms with Crippen LogP contribution in [0.4, 0.5) is 4.79 Å². The van der Waals surface area contributed by atoms with Crippen LogP contribution in [0.3, 0.4) is 0 Å². The van der Waals surface area contributed by atoms with Gasteiger partial charge in [0.05, 0.1) is 0 Å². The summed E-state index contributed by atoms with van der Waals surface area (Å²) in [5.41, 5.74) is 0. The van der Waals surface area contributed by atoms with E-state index in [4.69, 9.17) is 0 Å². The summed E-state index contributed by atoms with van der Waals surface area (Å²) in [5.74, 6) is 0. The molecule has 2 aliphatic heterocycles. The maximum absolute atomic E-state index is 12.4. The second kappa shape index (κ2) is 8.42. The number of nitrogens with one attached hydrogen (secondary N) is 1. The van der Waals surface area contributed by atoms with Gasteiger partial charge in [-0.1, -0.05) is 13.0 Å². The number of hydrogen-bond donors (Lipinski definition) is 1. The van der Waals surface area contributed by atoms with Crippen molar-refractivity contribution < 1.29 is 4.79 Å². The number of urea groups is 1. The molecule has 4 nitrogen and oxygen atoms in total. The first-order valence-electron chi connectivity index (χ1n) is 8.65. The normalized spacial score (nSPS) is 25.4. The van der Waals surface area contributed by atoms with Gasteiger partial charge in [0, 0.05) is 25.2 Å². The first kappa shape index (κ1) is 16.3. The van der Waals surface area contributed by atoms with E-state index in [1.165, 1.54) is 32.4 Å². The summed E-state index contributed by atoms with van der Waals surface area (Å²) in [6, 6.07) is 1.04. The molecule has 0 bridgehead atoms. The van der Waals surface area contributed by atoms with Gasteiger partial charge in [-0.3, -0.25) is 0 Å². The van der Waals surface area contributed by atoms with Crippen molar-refractivity contribution >= 4 is 6.03 Å². The number of nitrogens with zero attached hydrogens (tertiary/aromatic N) is 2. The summed E-state index contributed by atoms with van der Waals surface area (Å²) in [6.45, 7) is 10.2. The summed E-state index contributed by atoms with van der Waals surface area (Å²) in [5, 5.41) is 3.15. The third-order valence-electron chi connectivity index (χ3n) is 4.91. The largest absolute Gasteiger partial charge is 0.335 e. The van der Waals surface area contributed by atoms with E-state index in [-0.39, 0.29) is 12.1 Å². The Balaban J connectivity index is 1.81. The van der Waals surface area contributed by atoms with Crippen molar-refractivity contribution in [1.29, 1.82) is 0 Å². The predicted octanol–water partition coefficient (Wildman–Crippen LogP) is 3.00. The Bertz CT molecular complexity index is 339. The maximum Gasteiger partial charge on any atom is 0.317 e. The zero-order valence-corrected chi connectivity index (χ0v) is 13.5. The zero-order valence-electron chi connectivity index (χ0n) is 13.5. The average Bonchev–Trinajstić information content (AvgIpc) is 2.91. The fraction of sp³-hybridized carbons (Fsp3) is 0.824. The summed E-state index contributed by atoms with van der Waals surface area (Å²) in [7, 11) is 0. The van der Waals surface area contributed by atoms with Crippen molar-refractivity contribution in [2.75, 3.05) is 26.2 Å². The molecule has 0 aromatic rings. The average molecular weight is 293 g/mol. The molecule has 2 saturated heterocycles. The highest BCUT2D eigenvalue weighted by Gasteiger charge is 2.26. The minimum atomic E-state index is 0.116. The van der Waals surface area contributed by atoms with E-state index in [0.29, 0.717) is 6.04 Å². The van der Waals surface area contributed by atoms with Crippen molar-refractivity contribution in [3.05, 3.63) is 12.7 Å². The van der Waals surface area contributed by atoms with E-state index in [1.807, 2.05) is 11.0 Å². The lowest BCUT2D eigenvalue weighted by Crippen LogP contribution is -2.45. The molecular weight excluding hydrogens is 262 g/mol. The molecule has 2 atom stereocenters. The van der Waals surface area contributed by atoms with Gasteiger partial charge in [0.2, 0.25) is 0 Å². The Morgan fingerprint density at radius 1 is 1.24 bits per heavy atom. The zero-order chi connectivity index (χ0) is 15.1. The molecule has 21 heavy (non-hydrogen) atoms. The van der Waals surface area contributed by atoms with E-state index in [9.17, 15) is 4.79 Å². The van der Waals surface area contributed by atoms with Crippen LogP contribution in [0.5, 0.6) is 0 Å². The van der Waals surface area contributed by atoms with Gasteiger partial charge >= 0.3 is 6.03 Å². The molecule has 4 heteroatoms. The van der Waals surface area contributed by atoms with Gasteiger partial charge in [-0.25, -0.2) is 4.79 Å². The van der Waals surface area contributed by atoms with E-state index >= 15 is 0 Å². The van der Waals surface area contributed by atoms with Gasteiger partial charge in [0.1, 0.15) is 0 Å². The molecular formula is C17H31N3O.